The molecular formula is C28H31N5O4S. The number of carbonyl (C=O) groups is 1. The van der Waals surface area contributed by atoms with Crippen LogP contribution in [-0.2, 0) is 10.2 Å². The number of aliphatic hydroxyl groups is 1. The Bertz CT molecular complexity index is 1380. The molecule has 0 aliphatic carbocycles. The zero-order chi connectivity index (χ0) is 26.8. The fraction of sp³-hybridized carbons (Fsp3) is 0.357. The lowest BCUT2D eigenvalue weighted by Gasteiger charge is -2.40. The Morgan fingerprint density at radius 2 is 1.79 bits per heavy atom. The van der Waals surface area contributed by atoms with Gasteiger partial charge < -0.3 is 24.8 Å². The number of nitrogens with zero attached hydrogens (tertiary/aromatic N) is 4. The fourth-order valence-electron chi connectivity index (χ4n) is 4.44. The highest BCUT2D eigenvalue weighted by Crippen LogP contribution is 2.39. The van der Waals surface area contributed by atoms with E-state index in [0.717, 1.165) is 21.0 Å². The van der Waals surface area contributed by atoms with Gasteiger partial charge in [0, 0.05) is 36.6 Å². The molecule has 1 aliphatic rings. The Labute approximate surface area is 225 Å². The number of aliphatic hydroxyl groups excluding tert-OH is 1. The van der Waals surface area contributed by atoms with E-state index in [2.05, 4.69) is 20.3 Å². The Morgan fingerprint density at radius 1 is 1.08 bits per heavy atom. The molecule has 0 radical (unpaired) electrons. The standard InChI is InChI=1S/C28H31N5O4S/c1-27(2,3)37-26(35)33-16-12-28(18-34,13-17-33)23-24(30-15-14-29-23)36-20-10-8-19(9-11-20)31-25-32-21-6-4-5-7-22(21)38-25/h4-11,14-15,34H,12-13,16-18H2,1-3H3,(H,31,32). The summed E-state index contributed by atoms with van der Waals surface area (Å²) in [7, 11) is 0. The van der Waals surface area contributed by atoms with Gasteiger partial charge in [0.05, 0.1) is 16.8 Å². The minimum Gasteiger partial charge on any atom is -0.444 e. The predicted octanol–water partition coefficient (Wildman–Crippen LogP) is 5.88. The van der Waals surface area contributed by atoms with Gasteiger partial charge in [-0.2, -0.15) is 0 Å². The molecule has 1 fully saturated rings. The zero-order valence-electron chi connectivity index (χ0n) is 21.7. The smallest absolute Gasteiger partial charge is 0.410 e. The first-order valence-corrected chi connectivity index (χ1v) is 13.4. The lowest BCUT2D eigenvalue weighted by molar-refractivity contribution is 0.0117. The van der Waals surface area contributed by atoms with Crippen molar-refractivity contribution < 1.29 is 19.4 Å². The van der Waals surface area contributed by atoms with E-state index in [4.69, 9.17) is 9.47 Å². The molecular weight excluding hydrogens is 502 g/mol. The number of anilines is 2. The Morgan fingerprint density at radius 3 is 2.47 bits per heavy atom. The van der Waals surface area contributed by atoms with Crippen LogP contribution in [0.2, 0.25) is 0 Å². The average molecular weight is 534 g/mol. The van der Waals surface area contributed by atoms with Gasteiger partial charge in [0.15, 0.2) is 5.13 Å². The van der Waals surface area contributed by atoms with Crippen molar-refractivity contribution in [3.63, 3.8) is 0 Å². The number of thiazole rings is 1. The highest BCUT2D eigenvalue weighted by molar-refractivity contribution is 7.22. The van der Waals surface area contributed by atoms with Gasteiger partial charge in [-0.3, -0.25) is 4.98 Å². The number of para-hydroxylation sites is 1. The number of piperidine rings is 1. The van der Waals surface area contributed by atoms with E-state index < -0.39 is 11.0 Å². The van der Waals surface area contributed by atoms with Gasteiger partial charge in [-0.1, -0.05) is 23.5 Å². The molecule has 2 aromatic carbocycles. The van der Waals surface area contributed by atoms with Gasteiger partial charge in [-0.25, -0.2) is 14.8 Å². The van der Waals surface area contributed by atoms with Gasteiger partial charge in [-0.05, 0) is 70.0 Å². The highest BCUT2D eigenvalue weighted by Gasteiger charge is 2.41. The summed E-state index contributed by atoms with van der Waals surface area (Å²) in [6, 6.07) is 15.6. The van der Waals surface area contributed by atoms with Crippen LogP contribution in [0.25, 0.3) is 10.2 Å². The maximum Gasteiger partial charge on any atom is 0.410 e. The van der Waals surface area contributed by atoms with E-state index in [9.17, 15) is 9.90 Å². The van der Waals surface area contributed by atoms with Crippen LogP contribution in [0.1, 0.15) is 39.3 Å². The third-order valence-electron chi connectivity index (χ3n) is 6.46. The molecule has 10 heteroatoms. The first kappa shape index (κ1) is 25.9. The first-order chi connectivity index (χ1) is 18.2. The summed E-state index contributed by atoms with van der Waals surface area (Å²) in [6.07, 6.45) is 3.86. The van der Waals surface area contributed by atoms with Crippen LogP contribution in [0.3, 0.4) is 0 Å². The largest absolute Gasteiger partial charge is 0.444 e. The molecule has 5 rings (SSSR count). The summed E-state index contributed by atoms with van der Waals surface area (Å²) >= 11 is 1.60. The van der Waals surface area contributed by atoms with Gasteiger partial charge in [-0.15, -0.1) is 0 Å². The van der Waals surface area contributed by atoms with Gasteiger partial charge >= 0.3 is 6.09 Å². The van der Waals surface area contributed by atoms with Crippen LogP contribution >= 0.6 is 11.3 Å². The van der Waals surface area contributed by atoms with Gasteiger partial charge in [0.2, 0.25) is 5.88 Å². The van der Waals surface area contributed by atoms with Crippen LogP contribution in [0.15, 0.2) is 60.9 Å². The molecule has 198 valence electrons. The second kappa shape index (κ2) is 10.5. The number of rotatable bonds is 6. The number of hydrogen-bond acceptors (Lipinski definition) is 9. The molecule has 1 amide bonds. The molecule has 38 heavy (non-hydrogen) atoms. The van der Waals surface area contributed by atoms with Crippen molar-refractivity contribution in [1.82, 2.24) is 19.9 Å². The average Bonchev–Trinajstić information content (AvgIpc) is 3.31. The summed E-state index contributed by atoms with van der Waals surface area (Å²) in [6.45, 7) is 6.29. The topological polar surface area (TPSA) is 110 Å². The first-order valence-electron chi connectivity index (χ1n) is 12.6. The second-order valence-electron chi connectivity index (χ2n) is 10.4. The van der Waals surface area contributed by atoms with Crippen molar-refractivity contribution in [2.45, 2.75) is 44.6 Å². The molecule has 3 heterocycles. The number of aromatic nitrogens is 3. The molecule has 0 spiro atoms. The number of carbonyl (C=O) groups excluding carboxylic acids is 1. The lowest BCUT2D eigenvalue weighted by Crippen LogP contribution is -2.48. The van der Waals surface area contributed by atoms with Crippen molar-refractivity contribution >= 4 is 38.5 Å². The van der Waals surface area contributed by atoms with E-state index in [1.54, 1.807) is 28.6 Å². The number of hydrogen-bond donors (Lipinski definition) is 2. The number of fused-ring (bicyclic) bond motifs is 1. The summed E-state index contributed by atoms with van der Waals surface area (Å²) in [5, 5.41) is 14.6. The van der Waals surface area contributed by atoms with Crippen molar-refractivity contribution in [2.75, 3.05) is 25.0 Å². The summed E-state index contributed by atoms with van der Waals surface area (Å²) in [4.78, 5) is 27.8. The monoisotopic (exact) mass is 533 g/mol. The van der Waals surface area contributed by atoms with Crippen LogP contribution in [0, 0.1) is 0 Å². The Kier molecular flexibility index (Phi) is 7.18. The molecule has 4 aromatic rings. The third kappa shape index (κ3) is 5.71. The summed E-state index contributed by atoms with van der Waals surface area (Å²) in [5.74, 6) is 0.944. The number of likely N-dealkylation sites (tertiary alicyclic amines) is 1. The molecule has 1 saturated heterocycles. The SMILES string of the molecule is CC(C)(C)OC(=O)N1CCC(CO)(c2nccnc2Oc2ccc(Nc3nc4ccccc4s3)cc2)CC1. The maximum atomic E-state index is 12.5. The summed E-state index contributed by atoms with van der Waals surface area (Å²) < 4.78 is 12.8. The van der Waals surface area contributed by atoms with Gasteiger partial charge in [0.1, 0.15) is 17.0 Å². The number of nitrogens with one attached hydrogen (secondary N) is 1. The zero-order valence-corrected chi connectivity index (χ0v) is 22.5. The van der Waals surface area contributed by atoms with Crippen LogP contribution in [0.4, 0.5) is 15.6 Å². The lowest BCUT2D eigenvalue weighted by atomic mass is 9.76. The minimum absolute atomic E-state index is 0.130. The van der Waals surface area contributed by atoms with E-state index in [0.29, 0.717) is 43.3 Å². The fourth-order valence-corrected chi connectivity index (χ4v) is 5.33. The van der Waals surface area contributed by atoms with E-state index in [1.165, 1.54) is 0 Å². The van der Waals surface area contributed by atoms with Crippen molar-refractivity contribution in [3.8, 4) is 11.6 Å². The van der Waals surface area contributed by atoms with Crippen molar-refractivity contribution in [2.24, 2.45) is 0 Å². The number of ether oxygens (including phenoxy) is 2. The number of benzene rings is 2. The van der Waals surface area contributed by atoms with Crippen LogP contribution in [0.5, 0.6) is 11.6 Å². The molecule has 0 bridgehead atoms. The molecule has 0 unspecified atom stereocenters. The maximum absolute atomic E-state index is 12.5. The number of amides is 1. The molecule has 0 atom stereocenters. The molecule has 2 N–H and O–H groups in total. The van der Waals surface area contributed by atoms with Crippen LogP contribution < -0.4 is 10.1 Å². The molecule has 9 nitrogen and oxygen atoms in total. The van der Waals surface area contributed by atoms with E-state index in [1.807, 2.05) is 69.3 Å². The molecule has 0 saturated carbocycles. The van der Waals surface area contributed by atoms with Crippen LogP contribution in [-0.4, -0.2) is 56.3 Å². The van der Waals surface area contributed by atoms with Crippen molar-refractivity contribution in [3.05, 3.63) is 66.6 Å². The molecule has 2 aromatic heterocycles. The van der Waals surface area contributed by atoms with E-state index in [-0.39, 0.29) is 12.7 Å². The summed E-state index contributed by atoms with van der Waals surface area (Å²) in [5.41, 5.74) is 1.20. The highest BCUT2D eigenvalue weighted by atomic mass is 32.1. The predicted molar refractivity (Wildman–Crippen MR) is 147 cm³/mol. The molecule has 1 aliphatic heterocycles. The van der Waals surface area contributed by atoms with Gasteiger partial charge in [0.25, 0.3) is 0 Å². The quantitative estimate of drug-likeness (QED) is 0.316. The normalized spacial score (nSPS) is 15.3. The Balaban J connectivity index is 1.28. The Hall–Kier alpha value is -3.76. The third-order valence-corrected chi connectivity index (χ3v) is 7.41. The van der Waals surface area contributed by atoms with Crippen molar-refractivity contribution in [1.29, 1.82) is 0 Å². The van der Waals surface area contributed by atoms with E-state index >= 15 is 0 Å². The second-order valence-corrected chi connectivity index (χ2v) is 11.4. The minimum atomic E-state index is -0.670.